The number of hydrogen-bond donors (Lipinski definition) is 2. The van der Waals surface area contributed by atoms with Crippen LogP contribution in [-0.4, -0.2) is 68.3 Å². The van der Waals surface area contributed by atoms with Crippen LogP contribution in [0.25, 0.3) is 0 Å². The summed E-state index contributed by atoms with van der Waals surface area (Å²) in [5, 5.41) is 13.9. The van der Waals surface area contributed by atoms with Gasteiger partial charge in [-0.25, -0.2) is 4.99 Å². The molecular weight excluding hydrogens is 301 g/mol. The zero-order valence-electron chi connectivity index (χ0n) is 15.3. The van der Waals surface area contributed by atoms with Crippen molar-refractivity contribution in [3.05, 3.63) is 11.8 Å². The molecule has 2 rings (SSSR count). The average molecular weight is 331 g/mol. The minimum absolute atomic E-state index is 0.630. The van der Waals surface area contributed by atoms with Crippen molar-refractivity contribution in [3.8, 4) is 0 Å². The minimum Gasteiger partial charge on any atom is -0.363 e. The first kappa shape index (κ1) is 18.4. The van der Waals surface area contributed by atoms with Crippen LogP contribution in [0.1, 0.15) is 32.6 Å². The van der Waals surface area contributed by atoms with Crippen LogP contribution in [0.2, 0.25) is 6.82 Å². The van der Waals surface area contributed by atoms with Crippen molar-refractivity contribution in [3.63, 3.8) is 0 Å². The Morgan fingerprint density at radius 2 is 2.38 bits per heavy atom. The highest BCUT2D eigenvalue weighted by atomic mass is 15.5. The monoisotopic (exact) mass is 331 g/mol. The van der Waals surface area contributed by atoms with Gasteiger partial charge >= 0.3 is 0 Å². The first-order valence-corrected chi connectivity index (χ1v) is 9.01. The quantitative estimate of drug-likeness (QED) is 0.301. The van der Waals surface area contributed by atoms with E-state index >= 15 is 0 Å². The summed E-state index contributed by atoms with van der Waals surface area (Å²) in [6.07, 6.45) is 8.56. The number of hydrogen-bond acceptors (Lipinski definition) is 6. The summed E-state index contributed by atoms with van der Waals surface area (Å²) in [7, 11) is 3.06. The summed E-state index contributed by atoms with van der Waals surface area (Å²) in [5.41, 5.74) is 5.15. The Hall–Kier alpha value is -1.99. The fourth-order valence-corrected chi connectivity index (χ4v) is 2.65. The van der Waals surface area contributed by atoms with Gasteiger partial charge in [0.25, 0.3) is 0 Å². The molecule has 2 aliphatic rings. The second kappa shape index (κ2) is 10.00. The van der Waals surface area contributed by atoms with Crippen molar-refractivity contribution in [1.82, 2.24) is 20.7 Å². The van der Waals surface area contributed by atoms with Gasteiger partial charge in [-0.05, 0) is 12.5 Å². The standard InChI is InChI=1S/C16H30BN7/c1-4-5-6-8-23(3)16-7-9-24(13-19-16)21-12-18-14-10-15(17-2)22-20-11-14/h10,12,17,20H,4-9,11,13H2,1-3H3,(H,18,21). The van der Waals surface area contributed by atoms with E-state index in [9.17, 15) is 0 Å². The zero-order chi connectivity index (χ0) is 17.2. The highest BCUT2D eigenvalue weighted by Crippen LogP contribution is 2.07. The molecule has 132 valence electrons. The first-order chi connectivity index (χ1) is 11.7. The Labute approximate surface area is 146 Å². The van der Waals surface area contributed by atoms with Crippen molar-refractivity contribution in [2.45, 2.75) is 39.4 Å². The fourth-order valence-electron chi connectivity index (χ4n) is 2.65. The van der Waals surface area contributed by atoms with Gasteiger partial charge in [-0.15, -0.1) is 0 Å². The maximum atomic E-state index is 4.66. The Bertz CT molecular complexity index is 513. The van der Waals surface area contributed by atoms with Gasteiger partial charge in [0.15, 0.2) is 7.28 Å². The smallest absolute Gasteiger partial charge is 0.181 e. The molecule has 7 nitrogen and oxygen atoms in total. The molecule has 0 bridgehead atoms. The fraction of sp³-hybridized carbons (Fsp3) is 0.688. The molecule has 0 atom stereocenters. The Morgan fingerprint density at radius 1 is 1.50 bits per heavy atom. The Morgan fingerprint density at radius 3 is 3.08 bits per heavy atom. The van der Waals surface area contributed by atoms with Crippen LogP contribution in [0, 0.1) is 0 Å². The Kier molecular flexibility index (Phi) is 7.65. The predicted molar refractivity (Wildman–Crippen MR) is 104 cm³/mol. The molecule has 0 aromatic carbocycles. The van der Waals surface area contributed by atoms with Crippen LogP contribution in [0.5, 0.6) is 0 Å². The maximum Gasteiger partial charge on any atom is 0.181 e. The number of amidine groups is 1. The SMILES string of the molecule is CBC1=NNCC(N/C=N\N2CCC(N(C)CCCCC)=NC2)=C1. The topological polar surface area (TPSA) is 67.6 Å². The van der Waals surface area contributed by atoms with Crippen molar-refractivity contribution in [2.24, 2.45) is 15.2 Å². The van der Waals surface area contributed by atoms with Gasteiger partial charge in [0.05, 0.1) is 6.54 Å². The molecule has 0 unspecified atom stereocenters. The summed E-state index contributed by atoms with van der Waals surface area (Å²) in [6.45, 7) is 7.67. The molecular formula is C16H30BN7. The van der Waals surface area contributed by atoms with Crippen molar-refractivity contribution >= 4 is 25.1 Å². The van der Waals surface area contributed by atoms with Gasteiger partial charge in [-0.3, -0.25) is 5.01 Å². The third-order valence-corrected chi connectivity index (χ3v) is 4.21. The molecule has 0 amide bonds. The van der Waals surface area contributed by atoms with E-state index in [1.807, 2.05) is 5.01 Å². The summed E-state index contributed by atoms with van der Waals surface area (Å²) in [4.78, 5) is 6.95. The lowest BCUT2D eigenvalue weighted by Crippen LogP contribution is -2.36. The second-order valence-corrected chi connectivity index (χ2v) is 6.17. The highest BCUT2D eigenvalue weighted by Gasteiger charge is 2.14. The van der Waals surface area contributed by atoms with Gasteiger partial charge in [0.2, 0.25) is 0 Å². The van der Waals surface area contributed by atoms with Gasteiger partial charge in [0, 0.05) is 37.9 Å². The van der Waals surface area contributed by atoms with E-state index in [4.69, 9.17) is 0 Å². The summed E-state index contributed by atoms with van der Waals surface area (Å²) >= 11 is 0. The van der Waals surface area contributed by atoms with Crippen LogP contribution in [-0.2, 0) is 0 Å². The molecule has 0 radical (unpaired) electrons. The van der Waals surface area contributed by atoms with E-state index in [-0.39, 0.29) is 0 Å². The van der Waals surface area contributed by atoms with Gasteiger partial charge < -0.3 is 15.6 Å². The van der Waals surface area contributed by atoms with E-state index < -0.39 is 0 Å². The summed E-state index contributed by atoms with van der Waals surface area (Å²) < 4.78 is 0. The van der Waals surface area contributed by atoms with Crippen LogP contribution < -0.4 is 10.7 Å². The van der Waals surface area contributed by atoms with Crippen molar-refractivity contribution < 1.29 is 0 Å². The number of nitrogens with one attached hydrogen (secondary N) is 2. The third kappa shape index (κ3) is 5.90. The Balaban J connectivity index is 1.74. The molecule has 2 heterocycles. The van der Waals surface area contributed by atoms with E-state index in [0.717, 1.165) is 38.1 Å². The second-order valence-electron chi connectivity index (χ2n) is 6.17. The highest BCUT2D eigenvalue weighted by molar-refractivity contribution is 6.77. The summed E-state index contributed by atoms with van der Waals surface area (Å²) in [6, 6.07) is 0. The zero-order valence-corrected chi connectivity index (χ0v) is 15.3. The van der Waals surface area contributed by atoms with Gasteiger partial charge in [-0.1, -0.05) is 26.6 Å². The summed E-state index contributed by atoms with van der Waals surface area (Å²) in [5.74, 6) is 1.20. The molecule has 0 aromatic rings. The van der Waals surface area contributed by atoms with E-state index in [2.05, 4.69) is 57.7 Å². The van der Waals surface area contributed by atoms with Gasteiger partial charge in [0.1, 0.15) is 18.8 Å². The molecule has 0 aromatic heterocycles. The minimum atomic E-state index is 0.630. The number of unbranched alkanes of at least 4 members (excludes halogenated alkanes) is 2. The van der Waals surface area contributed by atoms with Crippen molar-refractivity contribution in [1.29, 1.82) is 0 Å². The molecule has 0 spiro atoms. The van der Waals surface area contributed by atoms with E-state index in [1.54, 1.807) is 6.34 Å². The number of allylic oxidation sites excluding steroid dienone is 1. The molecule has 8 heteroatoms. The first-order valence-electron chi connectivity index (χ1n) is 9.01. The number of aliphatic imine (C=N–C) groups is 1. The lowest BCUT2D eigenvalue weighted by atomic mass is 9.75. The van der Waals surface area contributed by atoms with E-state index in [1.165, 1.54) is 25.1 Å². The molecule has 0 saturated heterocycles. The molecule has 0 fully saturated rings. The van der Waals surface area contributed by atoms with E-state index in [0.29, 0.717) is 13.2 Å². The lowest BCUT2D eigenvalue weighted by molar-refractivity contribution is 0.284. The van der Waals surface area contributed by atoms with Crippen LogP contribution in [0.15, 0.2) is 27.0 Å². The molecule has 0 saturated carbocycles. The van der Waals surface area contributed by atoms with Crippen molar-refractivity contribution in [2.75, 3.05) is 33.4 Å². The molecule has 2 aliphatic heterocycles. The molecule has 24 heavy (non-hydrogen) atoms. The third-order valence-electron chi connectivity index (χ3n) is 4.21. The average Bonchev–Trinajstić information content (AvgIpc) is 2.62. The normalized spacial score (nSPS) is 17.8. The largest absolute Gasteiger partial charge is 0.363 e. The van der Waals surface area contributed by atoms with Crippen LogP contribution >= 0.6 is 0 Å². The molecule has 0 aliphatic carbocycles. The molecule has 2 N–H and O–H groups in total. The number of hydrazone groups is 2. The van der Waals surface area contributed by atoms with Crippen LogP contribution in [0.3, 0.4) is 0 Å². The predicted octanol–water partition coefficient (Wildman–Crippen LogP) is 0.988. The van der Waals surface area contributed by atoms with Crippen LogP contribution in [0.4, 0.5) is 0 Å². The maximum absolute atomic E-state index is 4.66. The number of rotatable bonds is 8. The van der Waals surface area contributed by atoms with Gasteiger partial charge in [-0.2, -0.15) is 10.2 Å². The lowest BCUT2D eigenvalue weighted by Gasteiger charge is -2.28. The number of nitrogens with zero attached hydrogens (tertiary/aromatic N) is 5.